The SMILES string of the molecule is O=C(c1ccccc1)N1C[C@H]2CC=C(c3ccc(CCN4CCCC4)cc3)[C@H]2C1. The van der Waals surface area contributed by atoms with E-state index in [0.717, 1.165) is 31.5 Å². The molecule has 0 saturated carbocycles. The lowest BCUT2D eigenvalue weighted by molar-refractivity contribution is 0.0785. The van der Waals surface area contributed by atoms with Gasteiger partial charge in [0.05, 0.1) is 0 Å². The summed E-state index contributed by atoms with van der Waals surface area (Å²) in [4.78, 5) is 17.5. The number of nitrogens with zero attached hydrogens (tertiary/aromatic N) is 2. The molecule has 0 aromatic heterocycles. The zero-order valence-corrected chi connectivity index (χ0v) is 17.1. The lowest BCUT2D eigenvalue weighted by atomic mass is 9.90. The summed E-state index contributed by atoms with van der Waals surface area (Å²) in [5.41, 5.74) is 5.03. The summed E-state index contributed by atoms with van der Waals surface area (Å²) >= 11 is 0. The van der Waals surface area contributed by atoms with Gasteiger partial charge < -0.3 is 9.80 Å². The Morgan fingerprint density at radius 1 is 0.931 bits per heavy atom. The fraction of sp³-hybridized carbons (Fsp3) is 0.423. The monoisotopic (exact) mass is 386 g/mol. The van der Waals surface area contributed by atoms with E-state index in [2.05, 4.69) is 40.1 Å². The fourth-order valence-electron chi connectivity index (χ4n) is 5.31. The van der Waals surface area contributed by atoms with Crippen LogP contribution in [0.2, 0.25) is 0 Å². The van der Waals surface area contributed by atoms with E-state index in [9.17, 15) is 4.79 Å². The minimum Gasteiger partial charge on any atom is -0.338 e. The molecular weight excluding hydrogens is 356 g/mol. The molecule has 1 aliphatic carbocycles. The molecule has 2 aliphatic heterocycles. The lowest BCUT2D eigenvalue weighted by Crippen LogP contribution is -2.29. The number of hydrogen-bond donors (Lipinski definition) is 0. The van der Waals surface area contributed by atoms with E-state index in [4.69, 9.17) is 0 Å². The number of amides is 1. The summed E-state index contributed by atoms with van der Waals surface area (Å²) in [6.07, 6.45) is 7.37. The highest BCUT2D eigenvalue weighted by atomic mass is 16.2. The second-order valence-electron chi connectivity index (χ2n) is 8.83. The Kier molecular flexibility index (Phi) is 5.24. The first-order chi connectivity index (χ1) is 14.3. The molecule has 3 aliphatic rings. The smallest absolute Gasteiger partial charge is 0.253 e. The molecule has 0 radical (unpaired) electrons. The Hall–Kier alpha value is -2.39. The van der Waals surface area contributed by atoms with Crippen molar-refractivity contribution < 1.29 is 4.79 Å². The molecule has 1 amide bonds. The number of benzene rings is 2. The number of carbonyl (C=O) groups excluding carboxylic acids is 1. The predicted octanol–water partition coefficient (Wildman–Crippen LogP) is 4.50. The van der Waals surface area contributed by atoms with Gasteiger partial charge in [-0.3, -0.25) is 4.79 Å². The highest BCUT2D eigenvalue weighted by molar-refractivity contribution is 5.94. The van der Waals surface area contributed by atoms with E-state index in [1.54, 1.807) is 0 Å². The van der Waals surface area contributed by atoms with Crippen LogP contribution >= 0.6 is 0 Å². The third kappa shape index (κ3) is 3.89. The predicted molar refractivity (Wildman–Crippen MR) is 118 cm³/mol. The van der Waals surface area contributed by atoms with Crippen molar-refractivity contribution in [2.75, 3.05) is 32.7 Å². The molecule has 3 heteroatoms. The summed E-state index contributed by atoms with van der Waals surface area (Å²) in [7, 11) is 0. The third-order valence-corrected chi connectivity index (χ3v) is 6.99. The van der Waals surface area contributed by atoms with Crippen molar-refractivity contribution in [3.05, 3.63) is 77.4 Å². The Morgan fingerprint density at radius 2 is 1.69 bits per heavy atom. The number of likely N-dealkylation sites (tertiary alicyclic amines) is 2. The zero-order valence-electron chi connectivity index (χ0n) is 17.1. The Morgan fingerprint density at radius 3 is 2.45 bits per heavy atom. The third-order valence-electron chi connectivity index (χ3n) is 6.99. The molecule has 2 aromatic rings. The summed E-state index contributed by atoms with van der Waals surface area (Å²) < 4.78 is 0. The van der Waals surface area contributed by atoms with Crippen molar-refractivity contribution in [2.45, 2.75) is 25.7 Å². The highest BCUT2D eigenvalue weighted by Gasteiger charge is 2.40. The van der Waals surface area contributed by atoms with Crippen LogP contribution in [0.15, 0.2) is 60.7 Å². The number of allylic oxidation sites excluding steroid dienone is 1. The lowest BCUT2D eigenvalue weighted by Gasteiger charge is -2.18. The van der Waals surface area contributed by atoms with Crippen molar-refractivity contribution in [2.24, 2.45) is 11.8 Å². The second-order valence-corrected chi connectivity index (χ2v) is 8.83. The maximum atomic E-state index is 12.8. The molecule has 2 heterocycles. The van der Waals surface area contributed by atoms with Gasteiger partial charge in [0.25, 0.3) is 5.91 Å². The van der Waals surface area contributed by atoms with Crippen LogP contribution in [0.1, 0.15) is 40.7 Å². The van der Waals surface area contributed by atoms with E-state index >= 15 is 0 Å². The van der Waals surface area contributed by atoms with Crippen LogP contribution in [0.3, 0.4) is 0 Å². The van der Waals surface area contributed by atoms with Gasteiger partial charge in [0.15, 0.2) is 0 Å². The molecule has 5 rings (SSSR count). The largest absolute Gasteiger partial charge is 0.338 e. The Balaban J connectivity index is 1.22. The van der Waals surface area contributed by atoms with Gasteiger partial charge in [0.2, 0.25) is 0 Å². The Bertz CT molecular complexity index is 881. The van der Waals surface area contributed by atoms with Crippen LogP contribution in [0.5, 0.6) is 0 Å². The van der Waals surface area contributed by atoms with E-state index in [1.165, 1.54) is 49.2 Å². The average molecular weight is 387 g/mol. The molecule has 0 N–H and O–H groups in total. The van der Waals surface area contributed by atoms with E-state index in [0.29, 0.717) is 11.8 Å². The van der Waals surface area contributed by atoms with Crippen LogP contribution in [0.25, 0.3) is 5.57 Å². The summed E-state index contributed by atoms with van der Waals surface area (Å²) in [5, 5.41) is 0. The number of carbonyl (C=O) groups is 1. The molecule has 150 valence electrons. The van der Waals surface area contributed by atoms with E-state index in [-0.39, 0.29) is 5.91 Å². The van der Waals surface area contributed by atoms with E-state index in [1.807, 2.05) is 30.3 Å². The van der Waals surface area contributed by atoms with Gasteiger partial charge >= 0.3 is 0 Å². The van der Waals surface area contributed by atoms with Gasteiger partial charge in [-0.15, -0.1) is 0 Å². The normalized spacial score (nSPS) is 24.0. The van der Waals surface area contributed by atoms with Gasteiger partial charge in [-0.05, 0) is 73.5 Å². The average Bonchev–Trinajstić information content (AvgIpc) is 3.50. The zero-order chi connectivity index (χ0) is 19.6. The minimum atomic E-state index is 0.177. The summed E-state index contributed by atoms with van der Waals surface area (Å²) in [6.45, 7) is 5.45. The first-order valence-corrected chi connectivity index (χ1v) is 11.1. The van der Waals surface area contributed by atoms with Gasteiger partial charge in [0, 0.05) is 31.1 Å². The first-order valence-electron chi connectivity index (χ1n) is 11.1. The molecule has 0 bridgehead atoms. The summed E-state index contributed by atoms with van der Waals surface area (Å²) in [6, 6.07) is 18.9. The van der Waals surface area contributed by atoms with Crippen molar-refractivity contribution in [1.82, 2.24) is 9.80 Å². The number of fused-ring (bicyclic) bond motifs is 1. The van der Waals surface area contributed by atoms with Gasteiger partial charge in [0.1, 0.15) is 0 Å². The molecule has 2 fully saturated rings. The number of hydrogen-bond acceptors (Lipinski definition) is 2. The minimum absolute atomic E-state index is 0.177. The maximum absolute atomic E-state index is 12.8. The van der Waals surface area contributed by atoms with E-state index < -0.39 is 0 Å². The van der Waals surface area contributed by atoms with Crippen molar-refractivity contribution in [3.8, 4) is 0 Å². The van der Waals surface area contributed by atoms with Crippen molar-refractivity contribution in [3.63, 3.8) is 0 Å². The standard InChI is InChI=1S/C26H30N2O/c29-26(22-6-2-1-3-7-22)28-18-23-12-13-24(25(23)19-28)21-10-8-20(9-11-21)14-17-27-15-4-5-16-27/h1-3,6-11,13,23,25H,4-5,12,14-19H2/t23-,25+/m1/s1. The topological polar surface area (TPSA) is 23.6 Å². The van der Waals surface area contributed by atoms with Crippen LogP contribution in [-0.4, -0.2) is 48.4 Å². The number of rotatable bonds is 5. The molecule has 2 saturated heterocycles. The summed E-state index contributed by atoms with van der Waals surface area (Å²) in [5.74, 6) is 1.24. The van der Waals surface area contributed by atoms with Crippen molar-refractivity contribution >= 4 is 11.5 Å². The van der Waals surface area contributed by atoms with Gasteiger partial charge in [-0.1, -0.05) is 48.5 Å². The molecule has 3 nitrogen and oxygen atoms in total. The molecular formula is C26H30N2O. The Labute approximate surface area is 174 Å². The maximum Gasteiger partial charge on any atom is 0.253 e. The van der Waals surface area contributed by atoms with Crippen LogP contribution in [0.4, 0.5) is 0 Å². The second kappa shape index (κ2) is 8.16. The molecule has 0 spiro atoms. The molecule has 2 atom stereocenters. The van der Waals surface area contributed by atoms with Crippen molar-refractivity contribution in [1.29, 1.82) is 0 Å². The molecule has 29 heavy (non-hydrogen) atoms. The highest BCUT2D eigenvalue weighted by Crippen LogP contribution is 2.43. The fourth-order valence-corrected chi connectivity index (χ4v) is 5.31. The first kappa shape index (κ1) is 18.6. The molecule has 0 unspecified atom stereocenters. The molecule has 2 aromatic carbocycles. The van der Waals surface area contributed by atoms with Crippen LogP contribution in [0, 0.1) is 11.8 Å². The van der Waals surface area contributed by atoms with Gasteiger partial charge in [-0.25, -0.2) is 0 Å². The van der Waals surface area contributed by atoms with Crippen LogP contribution < -0.4 is 0 Å². The quantitative estimate of drug-likeness (QED) is 0.755. The van der Waals surface area contributed by atoms with Gasteiger partial charge in [-0.2, -0.15) is 0 Å². The van der Waals surface area contributed by atoms with Crippen LogP contribution in [-0.2, 0) is 6.42 Å².